The average Bonchev–Trinajstić information content (AvgIpc) is 2.60. The Hall–Kier alpha value is -1.28. The van der Waals surface area contributed by atoms with E-state index in [-0.39, 0.29) is 16.8 Å². The van der Waals surface area contributed by atoms with Gasteiger partial charge in [-0.3, -0.25) is 0 Å². The van der Waals surface area contributed by atoms with Crippen LogP contribution in [0, 0.1) is 0 Å². The molecular weight excluding hydrogens is 244 g/mol. The Kier molecular flexibility index (Phi) is 3.00. The normalized spacial score (nSPS) is 21.8. The third-order valence-corrected chi connectivity index (χ3v) is 3.93. The monoisotopic (exact) mass is 260 g/mol. The van der Waals surface area contributed by atoms with Crippen LogP contribution in [0.3, 0.4) is 0 Å². The second kappa shape index (κ2) is 4.19. The zero-order valence-electron chi connectivity index (χ0n) is 9.80. The number of nitrogens with zero attached hydrogens (tertiary/aromatic N) is 2. The second-order valence-electron chi connectivity index (χ2n) is 4.22. The maximum atomic E-state index is 11.7. The van der Waals surface area contributed by atoms with Gasteiger partial charge in [-0.15, -0.1) is 0 Å². The number of nitrogens with two attached hydrogens (primary N) is 1. The maximum Gasteiger partial charge on any atom is 0.243 e. The van der Waals surface area contributed by atoms with Gasteiger partial charge in [0.15, 0.2) is 20.6 Å². The van der Waals surface area contributed by atoms with Crippen LogP contribution in [0.25, 0.3) is 0 Å². The fraction of sp³-hybridized carbons (Fsp3) is 0.667. The summed E-state index contributed by atoms with van der Waals surface area (Å²) >= 11 is 0. The number of rotatable bonds is 2. The zero-order valence-corrected chi connectivity index (χ0v) is 10.6. The highest BCUT2D eigenvalue weighted by molar-refractivity contribution is 7.91. The fourth-order valence-corrected chi connectivity index (χ4v) is 2.86. The minimum absolute atomic E-state index is 0.00810. The molecule has 1 aliphatic heterocycles. The van der Waals surface area contributed by atoms with Crippen LogP contribution in [0.1, 0.15) is 6.92 Å². The molecule has 1 atom stereocenters. The van der Waals surface area contributed by atoms with E-state index in [4.69, 9.17) is 10.3 Å². The summed E-state index contributed by atoms with van der Waals surface area (Å²) in [7, 11) is -3.44. The summed E-state index contributed by atoms with van der Waals surface area (Å²) in [6.07, 6.45) is 1.10. The largest absolute Gasteiger partial charge is 0.366 e. The van der Waals surface area contributed by atoms with Crippen molar-refractivity contribution in [2.24, 2.45) is 0 Å². The molecule has 8 heteroatoms. The Labute approximate surface area is 99.9 Å². The lowest BCUT2D eigenvalue weighted by Crippen LogP contribution is -2.50. The molecule has 1 fully saturated rings. The number of sulfone groups is 1. The number of nitrogens with one attached hydrogen (secondary N) is 1. The van der Waals surface area contributed by atoms with Gasteiger partial charge in [-0.1, -0.05) is 5.16 Å². The highest BCUT2D eigenvalue weighted by Gasteiger charge is 2.30. The number of piperazine rings is 1. The Balaban J connectivity index is 2.45. The lowest BCUT2D eigenvalue weighted by Gasteiger charge is -2.34. The molecule has 0 bridgehead atoms. The summed E-state index contributed by atoms with van der Waals surface area (Å²) in [5.41, 5.74) is 5.53. The second-order valence-corrected chi connectivity index (χ2v) is 6.17. The topological polar surface area (TPSA) is 101 Å². The first-order chi connectivity index (χ1) is 7.91. The van der Waals surface area contributed by atoms with Gasteiger partial charge in [0.25, 0.3) is 0 Å². The molecule has 0 spiro atoms. The summed E-state index contributed by atoms with van der Waals surface area (Å²) in [6.45, 7) is 4.22. The van der Waals surface area contributed by atoms with Crippen molar-refractivity contribution in [2.75, 3.05) is 36.5 Å². The van der Waals surface area contributed by atoms with Crippen LogP contribution in [0.4, 0.5) is 11.7 Å². The molecule has 1 unspecified atom stereocenters. The Morgan fingerprint density at radius 2 is 2.29 bits per heavy atom. The van der Waals surface area contributed by atoms with E-state index in [9.17, 15) is 8.42 Å². The van der Waals surface area contributed by atoms with Crippen LogP contribution in [-0.2, 0) is 9.84 Å². The minimum atomic E-state index is -3.44. The van der Waals surface area contributed by atoms with Gasteiger partial charge in [-0.25, -0.2) is 8.42 Å². The minimum Gasteiger partial charge on any atom is -0.366 e. The van der Waals surface area contributed by atoms with Crippen LogP contribution < -0.4 is 16.0 Å². The first kappa shape index (κ1) is 12.2. The fourth-order valence-electron chi connectivity index (χ4n) is 1.97. The van der Waals surface area contributed by atoms with E-state index in [1.807, 2.05) is 11.8 Å². The standard InChI is InChI=1S/C9H16N4O3S/c1-6-5-11-3-4-13(6)9-7(17(2,14)15)8(10)16-12-9/h6,11H,3-5,10H2,1-2H3. The first-order valence-corrected chi connectivity index (χ1v) is 7.23. The summed E-state index contributed by atoms with van der Waals surface area (Å²) in [5.74, 6) is 0.173. The van der Waals surface area contributed by atoms with E-state index in [1.165, 1.54) is 0 Å². The van der Waals surface area contributed by atoms with Gasteiger partial charge >= 0.3 is 0 Å². The van der Waals surface area contributed by atoms with Gasteiger partial charge in [0.1, 0.15) is 0 Å². The molecule has 2 heterocycles. The van der Waals surface area contributed by atoms with Crippen molar-refractivity contribution >= 4 is 21.5 Å². The molecule has 0 saturated carbocycles. The molecule has 1 saturated heterocycles. The maximum absolute atomic E-state index is 11.7. The molecule has 0 radical (unpaired) electrons. The molecule has 1 aromatic rings. The van der Waals surface area contributed by atoms with E-state index in [2.05, 4.69) is 10.5 Å². The molecule has 0 aromatic carbocycles. The molecule has 1 aromatic heterocycles. The van der Waals surface area contributed by atoms with Crippen LogP contribution in [0.15, 0.2) is 9.42 Å². The summed E-state index contributed by atoms with van der Waals surface area (Å²) in [4.78, 5) is 1.89. The van der Waals surface area contributed by atoms with Gasteiger partial charge in [0, 0.05) is 31.9 Å². The molecule has 96 valence electrons. The number of anilines is 2. The van der Waals surface area contributed by atoms with Crippen LogP contribution in [0.5, 0.6) is 0 Å². The Bertz CT molecular complexity index is 510. The zero-order chi connectivity index (χ0) is 12.6. The lowest BCUT2D eigenvalue weighted by atomic mass is 10.2. The van der Waals surface area contributed by atoms with Gasteiger partial charge < -0.3 is 20.5 Å². The number of hydrogen-bond acceptors (Lipinski definition) is 7. The summed E-state index contributed by atoms with van der Waals surface area (Å²) in [6, 6.07) is 0.147. The smallest absolute Gasteiger partial charge is 0.243 e. The van der Waals surface area contributed by atoms with Crippen molar-refractivity contribution in [3.63, 3.8) is 0 Å². The molecule has 0 amide bonds. The number of aromatic nitrogens is 1. The Morgan fingerprint density at radius 3 is 2.88 bits per heavy atom. The van der Waals surface area contributed by atoms with Gasteiger partial charge in [0.2, 0.25) is 5.88 Å². The SMILES string of the molecule is CC1CNCCN1c1noc(N)c1S(C)(=O)=O. The Morgan fingerprint density at radius 1 is 1.59 bits per heavy atom. The van der Waals surface area contributed by atoms with Gasteiger partial charge in [0.05, 0.1) is 0 Å². The van der Waals surface area contributed by atoms with E-state index in [1.54, 1.807) is 0 Å². The quantitative estimate of drug-likeness (QED) is 0.736. The van der Waals surface area contributed by atoms with Crippen LogP contribution in [-0.4, -0.2) is 45.5 Å². The highest BCUT2D eigenvalue weighted by atomic mass is 32.2. The van der Waals surface area contributed by atoms with E-state index in [0.29, 0.717) is 12.4 Å². The van der Waals surface area contributed by atoms with Crippen molar-refractivity contribution in [3.8, 4) is 0 Å². The van der Waals surface area contributed by atoms with Crippen LogP contribution in [0.2, 0.25) is 0 Å². The third kappa shape index (κ3) is 2.22. The van der Waals surface area contributed by atoms with Crippen molar-refractivity contribution in [3.05, 3.63) is 0 Å². The van der Waals surface area contributed by atoms with Crippen molar-refractivity contribution in [2.45, 2.75) is 17.9 Å². The molecule has 17 heavy (non-hydrogen) atoms. The van der Waals surface area contributed by atoms with Crippen LogP contribution >= 0.6 is 0 Å². The van der Waals surface area contributed by atoms with Crippen molar-refractivity contribution in [1.29, 1.82) is 0 Å². The van der Waals surface area contributed by atoms with Gasteiger partial charge in [-0.05, 0) is 6.92 Å². The predicted octanol–water partition coefficient (Wildman–Crippen LogP) is -0.542. The molecule has 3 N–H and O–H groups in total. The van der Waals surface area contributed by atoms with Crippen molar-refractivity contribution in [1.82, 2.24) is 10.5 Å². The number of hydrogen-bond donors (Lipinski definition) is 2. The summed E-state index contributed by atoms with van der Waals surface area (Å²) in [5, 5.41) is 6.99. The molecule has 1 aliphatic rings. The van der Waals surface area contributed by atoms with E-state index >= 15 is 0 Å². The first-order valence-electron chi connectivity index (χ1n) is 5.34. The van der Waals surface area contributed by atoms with E-state index < -0.39 is 9.84 Å². The molecule has 2 rings (SSSR count). The average molecular weight is 260 g/mol. The molecule has 7 nitrogen and oxygen atoms in total. The molecule has 0 aliphatic carbocycles. The lowest BCUT2D eigenvalue weighted by molar-refractivity contribution is 0.424. The predicted molar refractivity (Wildman–Crippen MR) is 63.7 cm³/mol. The number of nitrogen functional groups attached to an aromatic ring is 1. The van der Waals surface area contributed by atoms with Gasteiger partial charge in [-0.2, -0.15) is 0 Å². The highest BCUT2D eigenvalue weighted by Crippen LogP contribution is 2.31. The van der Waals surface area contributed by atoms with E-state index in [0.717, 1.165) is 19.3 Å². The summed E-state index contributed by atoms with van der Waals surface area (Å²) < 4.78 is 28.1. The van der Waals surface area contributed by atoms with Crippen molar-refractivity contribution < 1.29 is 12.9 Å². The third-order valence-electron chi connectivity index (χ3n) is 2.80. The molecular formula is C9H16N4O3S.